The summed E-state index contributed by atoms with van der Waals surface area (Å²) in [6.07, 6.45) is 2.13. The highest BCUT2D eigenvalue weighted by Gasteiger charge is 2.11. The van der Waals surface area contributed by atoms with Crippen LogP contribution < -0.4 is 14.8 Å². The van der Waals surface area contributed by atoms with Crippen LogP contribution in [0.2, 0.25) is 0 Å². The average Bonchev–Trinajstić information content (AvgIpc) is 3.03. The fourth-order valence-electron chi connectivity index (χ4n) is 2.32. The Balaban J connectivity index is 1.73. The molecule has 1 heterocycles. The first-order valence-electron chi connectivity index (χ1n) is 8.18. The number of amides is 1. The molecule has 5 nitrogen and oxygen atoms in total. The molecular formula is C19H20N2O3S. The SMILES string of the molecule is CCCCOc1ccc2nc(NC(=O)c3cccc(OC)c3)sc2c1. The van der Waals surface area contributed by atoms with Gasteiger partial charge in [-0.05, 0) is 42.8 Å². The van der Waals surface area contributed by atoms with Gasteiger partial charge in [0.15, 0.2) is 5.13 Å². The highest BCUT2D eigenvalue weighted by atomic mass is 32.1. The molecule has 6 heteroatoms. The molecule has 0 aliphatic heterocycles. The molecule has 0 atom stereocenters. The van der Waals surface area contributed by atoms with Crippen molar-refractivity contribution < 1.29 is 14.3 Å². The monoisotopic (exact) mass is 356 g/mol. The van der Waals surface area contributed by atoms with Crippen molar-refractivity contribution >= 4 is 32.6 Å². The van der Waals surface area contributed by atoms with Gasteiger partial charge in [-0.1, -0.05) is 30.7 Å². The number of anilines is 1. The van der Waals surface area contributed by atoms with Crippen LogP contribution in [0.5, 0.6) is 11.5 Å². The number of hydrogen-bond acceptors (Lipinski definition) is 5. The minimum absolute atomic E-state index is 0.211. The molecule has 3 aromatic rings. The van der Waals surface area contributed by atoms with E-state index in [-0.39, 0.29) is 5.91 Å². The summed E-state index contributed by atoms with van der Waals surface area (Å²) in [5, 5.41) is 3.41. The fraction of sp³-hybridized carbons (Fsp3) is 0.263. The number of benzene rings is 2. The van der Waals surface area contributed by atoms with E-state index in [2.05, 4.69) is 17.2 Å². The number of nitrogens with one attached hydrogen (secondary N) is 1. The van der Waals surface area contributed by atoms with Gasteiger partial charge in [0, 0.05) is 5.56 Å². The summed E-state index contributed by atoms with van der Waals surface area (Å²) in [5.74, 6) is 1.26. The van der Waals surface area contributed by atoms with E-state index >= 15 is 0 Å². The third kappa shape index (κ3) is 4.28. The van der Waals surface area contributed by atoms with Crippen LogP contribution in [-0.4, -0.2) is 24.6 Å². The topological polar surface area (TPSA) is 60.5 Å². The van der Waals surface area contributed by atoms with Crippen molar-refractivity contribution in [1.82, 2.24) is 4.98 Å². The summed E-state index contributed by atoms with van der Waals surface area (Å²) < 4.78 is 11.8. The Morgan fingerprint density at radius 3 is 2.88 bits per heavy atom. The number of methoxy groups -OCH3 is 1. The molecule has 0 aliphatic rings. The van der Waals surface area contributed by atoms with Crippen molar-refractivity contribution in [3.8, 4) is 11.5 Å². The minimum atomic E-state index is -0.211. The molecule has 1 aromatic heterocycles. The first-order valence-corrected chi connectivity index (χ1v) is 9.00. The normalized spacial score (nSPS) is 10.6. The van der Waals surface area contributed by atoms with Crippen LogP contribution in [0.1, 0.15) is 30.1 Å². The highest BCUT2D eigenvalue weighted by molar-refractivity contribution is 7.22. The Labute approximate surface area is 150 Å². The predicted octanol–water partition coefficient (Wildman–Crippen LogP) is 4.74. The largest absolute Gasteiger partial charge is 0.497 e. The van der Waals surface area contributed by atoms with Crippen LogP contribution in [0, 0.1) is 0 Å². The zero-order chi connectivity index (χ0) is 17.6. The number of ether oxygens (including phenoxy) is 2. The summed E-state index contributed by atoms with van der Waals surface area (Å²) in [7, 11) is 1.57. The minimum Gasteiger partial charge on any atom is -0.497 e. The van der Waals surface area contributed by atoms with E-state index in [1.54, 1.807) is 31.4 Å². The van der Waals surface area contributed by atoms with E-state index in [0.717, 1.165) is 28.8 Å². The van der Waals surface area contributed by atoms with Gasteiger partial charge >= 0.3 is 0 Å². The van der Waals surface area contributed by atoms with Crippen molar-refractivity contribution in [1.29, 1.82) is 0 Å². The molecule has 1 amide bonds. The molecule has 0 bridgehead atoms. The van der Waals surface area contributed by atoms with Gasteiger partial charge in [-0.25, -0.2) is 4.98 Å². The molecule has 25 heavy (non-hydrogen) atoms. The van der Waals surface area contributed by atoms with Gasteiger partial charge in [0.05, 0.1) is 23.9 Å². The van der Waals surface area contributed by atoms with Gasteiger partial charge in [0.2, 0.25) is 0 Å². The number of nitrogens with zero attached hydrogens (tertiary/aromatic N) is 1. The van der Waals surface area contributed by atoms with E-state index < -0.39 is 0 Å². The predicted molar refractivity (Wildman–Crippen MR) is 101 cm³/mol. The van der Waals surface area contributed by atoms with Crippen LogP contribution in [-0.2, 0) is 0 Å². The maximum absolute atomic E-state index is 12.4. The summed E-state index contributed by atoms with van der Waals surface area (Å²) in [6.45, 7) is 2.84. The van der Waals surface area contributed by atoms with Gasteiger partial charge in [0.1, 0.15) is 11.5 Å². The number of rotatable bonds is 7. The molecule has 3 rings (SSSR count). The standard InChI is InChI=1S/C19H20N2O3S/c1-3-4-10-24-15-8-9-16-17(12-15)25-19(20-16)21-18(22)13-6-5-7-14(11-13)23-2/h5-9,11-12H,3-4,10H2,1-2H3,(H,20,21,22). The van der Waals surface area contributed by atoms with Gasteiger partial charge < -0.3 is 9.47 Å². The first kappa shape index (κ1) is 17.2. The highest BCUT2D eigenvalue weighted by Crippen LogP contribution is 2.29. The summed E-state index contributed by atoms with van der Waals surface area (Å²) in [4.78, 5) is 16.8. The number of fused-ring (bicyclic) bond motifs is 1. The lowest BCUT2D eigenvalue weighted by Gasteiger charge is -2.04. The molecule has 0 radical (unpaired) electrons. The van der Waals surface area contributed by atoms with Crippen LogP contribution in [0.4, 0.5) is 5.13 Å². The molecule has 1 N–H and O–H groups in total. The van der Waals surface area contributed by atoms with Gasteiger partial charge in [-0.2, -0.15) is 0 Å². The molecule has 0 unspecified atom stereocenters. The summed E-state index contributed by atoms with van der Waals surface area (Å²) in [6, 6.07) is 12.8. The van der Waals surface area contributed by atoms with Crippen LogP contribution in [0.3, 0.4) is 0 Å². The van der Waals surface area contributed by atoms with Crippen molar-refractivity contribution in [2.45, 2.75) is 19.8 Å². The van der Waals surface area contributed by atoms with Crippen molar-refractivity contribution in [3.63, 3.8) is 0 Å². The molecule has 0 saturated carbocycles. The maximum atomic E-state index is 12.4. The molecule has 130 valence electrons. The van der Waals surface area contributed by atoms with Gasteiger partial charge in [-0.15, -0.1) is 0 Å². The van der Waals surface area contributed by atoms with E-state index in [1.165, 1.54) is 11.3 Å². The molecular weight excluding hydrogens is 336 g/mol. The van der Waals surface area contributed by atoms with Crippen LogP contribution in [0.25, 0.3) is 10.2 Å². The Kier molecular flexibility index (Phi) is 5.50. The quantitative estimate of drug-likeness (QED) is 0.621. The lowest BCUT2D eigenvalue weighted by atomic mass is 10.2. The van der Waals surface area contributed by atoms with E-state index in [4.69, 9.17) is 9.47 Å². The average molecular weight is 356 g/mol. The molecule has 0 spiro atoms. The molecule has 0 saturated heterocycles. The zero-order valence-electron chi connectivity index (χ0n) is 14.2. The lowest BCUT2D eigenvalue weighted by Crippen LogP contribution is -2.11. The van der Waals surface area contributed by atoms with Crippen molar-refractivity contribution in [3.05, 3.63) is 48.0 Å². The Morgan fingerprint density at radius 2 is 2.08 bits per heavy atom. The number of carbonyl (C=O) groups excluding carboxylic acids is 1. The third-order valence-electron chi connectivity index (χ3n) is 3.68. The zero-order valence-corrected chi connectivity index (χ0v) is 15.1. The second-order valence-electron chi connectivity index (χ2n) is 5.54. The lowest BCUT2D eigenvalue weighted by molar-refractivity contribution is 0.102. The van der Waals surface area contributed by atoms with Crippen molar-refractivity contribution in [2.75, 3.05) is 19.0 Å². The first-order chi connectivity index (χ1) is 12.2. The third-order valence-corrected chi connectivity index (χ3v) is 4.61. The number of hydrogen-bond donors (Lipinski definition) is 1. The van der Waals surface area contributed by atoms with Gasteiger partial charge in [-0.3, -0.25) is 10.1 Å². The van der Waals surface area contributed by atoms with Gasteiger partial charge in [0.25, 0.3) is 5.91 Å². The smallest absolute Gasteiger partial charge is 0.257 e. The van der Waals surface area contributed by atoms with Crippen LogP contribution >= 0.6 is 11.3 Å². The number of aromatic nitrogens is 1. The van der Waals surface area contributed by atoms with E-state index in [1.807, 2.05) is 18.2 Å². The Hall–Kier alpha value is -2.60. The molecule has 0 fully saturated rings. The van der Waals surface area contributed by atoms with Crippen molar-refractivity contribution in [2.24, 2.45) is 0 Å². The second kappa shape index (κ2) is 7.98. The number of thiazole rings is 1. The number of unbranched alkanes of at least 4 members (excludes halogenated alkanes) is 1. The Morgan fingerprint density at radius 1 is 1.20 bits per heavy atom. The fourth-order valence-corrected chi connectivity index (χ4v) is 3.21. The summed E-state index contributed by atoms with van der Waals surface area (Å²) in [5.41, 5.74) is 1.37. The second-order valence-corrected chi connectivity index (χ2v) is 6.57. The number of carbonyl (C=O) groups is 1. The van der Waals surface area contributed by atoms with Crippen LogP contribution in [0.15, 0.2) is 42.5 Å². The summed E-state index contributed by atoms with van der Waals surface area (Å²) >= 11 is 1.43. The molecule has 0 aliphatic carbocycles. The Bertz CT molecular complexity index is 876. The van der Waals surface area contributed by atoms with E-state index in [9.17, 15) is 4.79 Å². The van der Waals surface area contributed by atoms with E-state index in [0.29, 0.717) is 23.1 Å². The molecule has 2 aromatic carbocycles. The maximum Gasteiger partial charge on any atom is 0.257 e.